The fourth-order valence-electron chi connectivity index (χ4n) is 1.27. The van der Waals surface area contributed by atoms with Crippen LogP contribution in [0.3, 0.4) is 0 Å². The van der Waals surface area contributed by atoms with E-state index in [0.717, 1.165) is 24.6 Å². The zero-order chi connectivity index (χ0) is 12.0. The van der Waals surface area contributed by atoms with Crippen LogP contribution in [-0.4, -0.2) is 23.1 Å². The number of ether oxygens (including phenoxy) is 1. The lowest BCUT2D eigenvalue weighted by atomic mass is 10.2. The number of hydrogen-bond acceptors (Lipinski definition) is 4. The molecule has 4 nitrogen and oxygen atoms in total. The lowest BCUT2D eigenvalue weighted by Crippen LogP contribution is -2.08. The molecule has 0 radical (unpaired) electrons. The molecule has 0 aliphatic rings. The second-order valence-electron chi connectivity index (χ2n) is 3.96. The van der Waals surface area contributed by atoms with E-state index in [0.29, 0.717) is 18.4 Å². The zero-order valence-electron chi connectivity index (χ0n) is 10.6. The summed E-state index contributed by atoms with van der Waals surface area (Å²) in [5, 5.41) is 3.26. The van der Waals surface area contributed by atoms with Crippen LogP contribution >= 0.6 is 0 Å². The highest BCUT2D eigenvalue weighted by atomic mass is 16.5. The summed E-state index contributed by atoms with van der Waals surface area (Å²) in [6, 6.07) is 1.85. The highest BCUT2D eigenvalue weighted by Gasteiger charge is 2.08. The van der Waals surface area contributed by atoms with E-state index in [9.17, 15) is 0 Å². The van der Waals surface area contributed by atoms with Crippen molar-refractivity contribution in [1.29, 1.82) is 0 Å². The maximum atomic E-state index is 5.43. The zero-order valence-corrected chi connectivity index (χ0v) is 10.6. The highest BCUT2D eigenvalue weighted by molar-refractivity contribution is 5.38. The van der Waals surface area contributed by atoms with Gasteiger partial charge in [-0.3, -0.25) is 0 Å². The molecule has 1 rings (SSSR count). The van der Waals surface area contributed by atoms with E-state index >= 15 is 0 Å². The number of nitrogens with one attached hydrogen (secondary N) is 1. The van der Waals surface area contributed by atoms with Crippen LogP contribution in [0, 0.1) is 0 Å². The Bertz CT molecular complexity index is 326. The van der Waals surface area contributed by atoms with Crippen molar-refractivity contribution >= 4 is 5.82 Å². The first-order valence-corrected chi connectivity index (χ1v) is 5.93. The molecule has 0 saturated carbocycles. The lowest BCUT2D eigenvalue weighted by molar-refractivity contribution is 0.324. The van der Waals surface area contributed by atoms with Gasteiger partial charge >= 0.3 is 0 Å². The largest absolute Gasteiger partial charge is 0.478 e. The van der Waals surface area contributed by atoms with E-state index in [4.69, 9.17) is 4.74 Å². The molecule has 16 heavy (non-hydrogen) atoms. The van der Waals surface area contributed by atoms with Gasteiger partial charge in [-0.1, -0.05) is 20.8 Å². The second-order valence-corrected chi connectivity index (χ2v) is 3.96. The predicted octanol–water partition coefficient (Wildman–Crippen LogP) is 2.82. The summed E-state index contributed by atoms with van der Waals surface area (Å²) in [5.74, 6) is 2.64. The van der Waals surface area contributed by atoms with Gasteiger partial charge < -0.3 is 10.1 Å². The normalized spacial score (nSPS) is 10.6. The molecule has 0 bridgehead atoms. The molecule has 1 N–H and O–H groups in total. The molecule has 4 heteroatoms. The standard InChI is InChI=1S/C12H21N3O/c1-5-7-13-10-8-11(16-6-2)15-12(14-10)9(3)4/h8-9H,5-7H2,1-4H3,(H,13,14,15). The summed E-state index contributed by atoms with van der Waals surface area (Å²) in [4.78, 5) is 8.81. The van der Waals surface area contributed by atoms with Gasteiger partial charge in [-0.25, -0.2) is 4.98 Å². The van der Waals surface area contributed by atoms with Crippen molar-refractivity contribution in [2.24, 2.45) is 0 Å². The first-order valence-electron chi connectivity index (χ1n) is 5.93. The fourth-order valence-corrected chi connectivity index (χ4v) is 1.27. The van der Waals surface area contributed by atoms with Crippen molar-refractivity contribution in [3.8, 4) is 5.88 Å². The van der Waals surface area contributed by atoms with Crippen molar-refractivity contribution in [3.63, 3.8) is 0 Å². The Balaban J connectivity index is 2.89. The molecule has 1 heterocycles. The van der Waals surface area contributed by atoms with Gasteiger partial charge in [0.25, 0.3) is 0 Å². The number of anilines is 1. The molecule has 0 spiro atoms. The third kappa shape index (κ3) is 3.68. The third-order valence-electron chi connectivity index (χ3n) is 2.08. The van der Waals surface area contributed by atoms with Crippen LogP contribution in [0.1, 0.15) is 45.9 Å². The molecule has 0 unspecified atom stereocenters. The van der Waals surface area contributed by atoms with E-state index in [-0.39, 0.29) is 0 Å². The van der Waals surface area contributed by atoms with Crippen LogP contribution in [0.5, 0.6) is 5.88 Å². The van der Waals surface area contributed by atoms with Crippen molar-refractivity contribution < 1.29 is 4.74 Å². The Kier molecular flexibility index (Phi) is 5.02. The predicted molar refractivity (Wildman–Crippen MR) is 66.1 cm³/mol. The number of hydrogen-bond donors (Lipinski definition) is 1. The minimum Gasteiger partial charge on any atom is -0.478 e. The average molecular weight is 223 g/mol. The van der Waals surface area contributed by atoms with E-state index in [1.807, 2.05) is 13.0 Å². The fraction of sp³-hybridized carbons (Fsp3) is 0.667. The molecule has 0 atom stereocenters. The minimum atomic E-state index is 0.308. The molecule has 0 amide bonds. The number of nitrogens with zero attached hydrogens (tertiary/aromatic N) is 2. The Morgan fingerprint density at radius 3 is 2.62 bits per heavy atom. The molecule has 0 fully saturated rings. The second kappa shape index (κ2) is 6.30. The maximum absolute atomic E-state index is 5.43. The van der Waals surface area contributed by atoms with Gasteiger partial charge in [-0.15, -0.1) is 0 Å². The van der Waals surface area contributed by atoms with Crippen molar-refractivity contribution in [2.75, 3.05) is 18.5 Å². The molecule has 0 saturated heterocycles. The van der Waals surface area contributed by atoms with E-state index in [2.05, 4.69) is 36.1 Å². The summed E-state index contributed by atoms with van der Waals surface area (Å²) in [7, 11) is 0. The van der Waals surface area contributed by atoms with Crippen molar-refractivity contribution in [2.45, 2.75) is 40.0 Å². The molecular weight excluding hydrogens is 202 g/mol. The maximum Gasteiger partial charge on any atom is 0.218 e. The van der Waals surface area contributed by atoms with Gasteiger partial charge in [0.1, 0.15) is 11.6 Å². The average Bonchev–Trinajstić information content (AvgIpc) is 2.26. The quantitative estimate of drug-likeness (QED) is 0.805. The van der Waals surface area contributed by atoms with E-state index < -0.39 is 0 Å². The van der Waals surface area contributed by atoms with Gasteiger partial charge in [0.15, 0.2) is 0 Å². The van der Waals surface area contributed by atoms with Crippen LogP contribution in [0.2, 0.25) is 0 Å². The minimum absolute atomic E-state index is 0.308. The molecule has 0 aliphatic heterocycles. The van der Waals surface area contributed by atoms with E-state index in [1.165, 1.54) is 0 Å². The SMILES string of the molecule is CCCNc1cc(OCC)nc(C(C)C)n1. The van der Waals surface area contributed by atoms with Crippen LogP contribution in [0.25, 0.3) is 0 Å². The summed E-state index contributed by atoms with van der Waals surface area (Å²) in [6.45, 7) is 9.78. The molecule has 1 aromatic heterocycles. The summed E-state index contributed by atoms with van der Waals surface area (Å²) in [6.07, 6.45) is 1.07. The van der Waals surface area contributed by atoms with Gasteiger partial charge in [-0.05, 0) is 13.3 Å². The molecule has 0 aromatic carbocycles. The summed E-state index contributed by atoms with van der Waals surface area (Å²) in [5.41, 5.74) is 0. The van der Waals surface area contributed by atoms with Crippen LogP contribution < -0.4 is 10.1 Å². The first kappa shape index (κ1) is 12.7. The number of aromatic nitrogens is 2. The number of rotatable bonds is 6. The smallest absolute Gasteiger partial charge is 0.218 e. The molecule has 90 valence electrons. The van der Waals surface area contributed by atoms with Crippen LogP contribution in [0.4, 0.5) is 5.82 Å². The highest BCUT2D eigenvalue weighted by Crippen LogP contribution is 2.18. The van der Waals surface area contributed by atoms with Gasteiger partial charge in [0.05, 0.1) is 6.61 Å². The monoisotopic (exact) mass is 223 g/mol. The lowest BCUT2D eigenvalue weighted by Gasteiger charge is -2.11. The summed E-state index contributed by atoms with van der Waals surface area (Å²) >= 11 is 0. The Labute approximate surface area is 97.5 Å². The molecule has 0 aliphatic carbocycles. The van der Waals surface area contributed by atoms with Crippen molar-refractivity contribution in [1.82, 2.24) is 9.97 Å². The van der Waals surface area contributed by atoms with Gasteiger partial charge in [-0.2, -0.15) is 4.98 Å². The van der Waals surface area contributed by atoms with Crippen LogP contribution in [0.15, 0.2) is 6.07 Å². The van der Waals surface area contributed by atoms with Gasteiger partial charge in [0, 0.05) is 18.5 Å². The summed E-state index contributed by atoms with van der Waals surface area (Å²) < 4.78 is 5.43. The third-order valence-corrected chi connectivity index (χ3v) is 2.08. The van der Waals surface area contributed by atoms with Gasteiger partial charge in [0.2, 0.25) is 5.88 Å². The van der Waals surface area contributed by atoms with Crippen molar-refractivity contribution in [3.05, 3.63) is 11.9 Å². The Morgan fingerprint density at radius 1 is 1.31 bits per heavy atom. The van der Waals surface area contributed by atoms with Crippen LogP contribution in [-0.2, 0) is 0 Å². The Morgan fingerprint density at radius 2 is 2.06 bits per heavy atom. The first-order chi connectivity index (χ1) is 7.67. The topological polar surface area (TPSA) is 47.0 Å². The van der Waals surface area contributed by atoms with E-state index in [1.54, 1.807) is 0 Å². The Hall–Kier alpha value is -1.32. The molecule has 1 aromatic rings. The molecular formula is C12H21N3O.